The Hall–Kier alpha value is -1.30. The lowest BCUT2D eigenvalue weighted by Gasteiger charge is -2.18. The number of aryl methyl sites for hydroxylation is 1. The molecule has 0 fully saturated rings. The van der Waals surface area contributed by atoms with Gasteiger partial charge < -0.3 is 10.6 Å². The molecule has 0 bridgehead atoms. The van der Waals surface area contributed by atoms with E-state index >= 15 is 0 Å². The molecule has 0 aliphatic rings. The van der Waals surface area contributed by atoms with Crippen molar-refractivity contribution in [3.8, 4) is 0 Å². The van der Waals surface area contributed by atoms with Gasteiger partial charge in [-0.25, -0.2) is 4.98 Å². The van der Waals surface area contributed by atoms with Gasteiger partial charge in [0.05, 0.1) is 16.4 Å². The predicted molar refractivity (Wildman–Crippen MR) is 89.6 cm³/mol. The number of nitrogens with zero attached hydrogens (tertiary/aromatic N) is 1. The Morgan fingerprint density at radius 2 is 2.19 bits per heavy atom. The molecule has 1 atom stereocenters. The fraction of sp³-hybridized carbons (Fsp3) is 0.286. The lowest BCUT2D eigenvalue weighted by atomic mass is 10.2. The number of halogens is 2. The SMILES string of the molecule is CC[C@@H](Nc1cc(Cl)ccc1Cl)C(=O)Nc1nc(C)cs1. The zero-order valence-corrected chi connectivity index (χ0v) is 13.9. The third-order valence-electron chi connectivity index (χ3n) is 2.83. The zero-order valence-electron chi connectivity index (χ0n) is 11.6. The van der Waals surface area contributed by atoms with Crippen LogP contribution in [0.5, 0.6) is 0 Å². The van der Waals surface area contributed by atoms with E-state index in [1.807, 2.05) is 19.2 Å². The predicted octanol–water partition coefficient (Wildman–Crippen LogP) is 4.59. The molecule has 0 spiro atoms. The van der Waals surface area contributed by atoms with Crippen LogP contribution in [0.1, 0.15) is 19.0 Å². The van der Waals surface area contributed by atoms with Crippen LogP contribution in [0.25, 0.3) is 0 Å². The normalized spacial score (nSPS) is 12.0. The highest BCUT2D eigenvalue weighted by Gasteiger charge is 2.18. The van der Waals surface area contributed by atoms with Crippen LogP contribution < -0.4 is 10.6 Å². The second-order valence-electron chi connectivity index (χ2n) is 4.51. The van der Waals surface area contributed by atoms with Gasteiger partial charge in [0.1, 0.15) is 6.04 Å². The molecule has 1 amide bonds. The molecule has 0 saturated carbocycles. The fourth-order valence-electron chi connectivity index (χ4n) is 1.75. The molecule has 2 N–H and O–H groups in total. The summed E-state index contributed by atoms with van der Waals surface area (Å²) in [5.74, 6) is -0.150. The average Bonchev–Trinajstić information content (AvgIpc) is 2.84. The number of hydrogen-bond acceptors (Lipinski definition) is 4. The second kappa shape index (κ2) is 7.11. The number of rotatable bonds is 5. The summed E-state index contributed by atoms with van der Waals surface area (Å²) in [6.07, 6.45) is 0.610. The van der Waals surface area contributed by atoms with Gasteiger partial charge in [-0.1, -0.05) is 30.1 Å². The van der Waals surface area contributed by atoms with Gasteiger partial charge in [-0.15, -0.1) is 11.3 Å². The van der Waals surface area contributed by atoms with E-state index in [1.165, 1.54) is 11.3 Å². The van der Waals surface area contributed by atoms with E-state index in [0.29, 0.717) is 27.3 Å². The summed E-state index contributed by atoms with van der Waals surface area (Å²) in [6, 6.07) is 4.69. The molecule has 0 saturated heterocycles. The summed E-state index contributed by atoms with van der Waals surface area (Å²) in [6.45, 7) is 3.80. The van der Waals surface area contributed by atoms with Crippen LogP contribution in [0, 0.1) is 6.92 Å². The zero-order chi connectivity index (χ0) is 15.4. The summed E-state index contributed by atoms with van der Waals surface area (Å²) in [4.78, 5) is 16.5. The van der Waals surface area contributed by atoms with Crippen LogP contribution in [-0.4, -0.2) is 16.9 Å². The van der Waals surface area contributed by atoms with Crippen molar-refractivity contribution in [2.24, 2.45) is 0 Å². The van der Waals surface area contributed by atoms with Crippen molar-refractivity contribution in [3.05, 3.63) is 39.3 Å². The molecular formula is C14H15Cl2N3OS. The first-order chi connectivity index (χ1) is 9.99. The molecule has 1 aromatic carbocycles. The minimum atomic E-state index is -0.412. The van der Waals surface area contributed by atoms with Crippen molar-refractivity contribution in [2.75, 3.05) is 10.6 Å². The Bertz CT molecular complexity index is 645. The Morgan fingerprint density at radius 3 is 2.81 bits per heavy atom. The second-order valence-corrected chi connectivity index (χ2v) is 6.21. The fourth-order valence-corrected chi connectivity index (χ4v) is 2.79. The standard InChI is InChI=1S/C14H15Cl2N3OS/c1-3-11(13(20)19-14-17-8(2)7-21-14)18-12-6-9(15)4-5-10(12)16/h4-7,11,18H,3H2,1-2H3,(H,17,19,20)/t11-/m1/s1. The third kappa shape index (κ3) is 4.33. The highest BCUT2D eigenvalue weighted by molar-refractivity contribution is 7.13. The average molecular weight is 344 g/mol. The number of benzene rings is 1. The molecule has 2 rings (SSSR count). The minimum absolute atomic E-state index is 0.150. The number of carbonyl (C=O) groups excluding carboxylic acids is 1. The van der Waals surface area contributed by atoms with Crippen LogP contribution in [0.3, 0.4) is 0 Å². The quantitative estimate of drug-likeness (QED) is 0.834. The molecule has 0 radical (unpaired) electrons. The Balaban J connectivity index is 2.08. The summed E-state index contributed by atoms with van der Waals surface area (Å²) < 4.78 is 0. The number of carbonyl (C=O) groups is 1. The van der Waals surface area contributed by atoms with E-state index < -0.39 is 6.04 Å². The van der Waals surface area contributed by atoms with E-state index in [4.69, 9.17) is 23.2 Å². The maximum absolute atomic E-state index is 12.3. The highest BCUT2D eigenvalue weighted by Crippen LogP contribution is 2.26. The van der Waals surface area contributed by atoms with Crippen LogP contribution in [-0.2, 0) is 4.79 Å². The molecule has 0 aliphatic heterocycles. The lowest BCUT2D eigenvalue weighted by Crippen LogP contribution is -2.34. The number of nitrogens with one attached hydrogen (secondary N) is 2. The molecule has 21 heavy (non-hydrogen) atoms. The third-order valence-corrected chi connectivity index (χ3v) is 4.27. The largest absolute Gasteiger partial charge is 0.372 e. The summed E-state index contributed by atoms with van der Waals surface area (Å²) >= 11 is 13.5. The smallest absolute Gasteiger partial charge is 0.248 e. The molecule has 4 nitrogen and oxygen atoms in total. The van der Waals surface area contributed by atoms with Gasteiger partial charge in [0, 0.05) is 10.4 Å². The summed E-state index contributed by atoms with van der Waals surface area (Å²) in [5, 5.41) is 9.48. The van der Waals surface area contributed by atoms with Gasteiger partial charge in [0.15, 0.2) is 5.13 Å². The molecule has 1 heterocycles. The maximum atomic E-state index is 12.3. The Morgan fingerprint density at radius 1 is 1.43 bits per heavy atom. The number of thiazole rings is 1. The van der Waals surface area contributed by atoms with E-state index in [1.54, 1.807) is 18.2 Å². The van der Waals surface area contributed by atoms with Gasteiger partial charge in [-0.2, -0.15) is 0 Å². The van der Waals surface area contributed by atoms with Crippen molar-refractivity contribution in [1.82, 2.24) is 4.98 Å². The molecule has 1 aromatic heterocycles. The van der Waals surface area contributed by atoms with Gasteiger partial charge in [0.25, 0.3) is 0 Å². The molecule has 0 aliphatic carbocycles. The summed E-state index contributed by atoms with van der Waals surface area (Å²) in [7, 11) is 0. The first kappa shape index (κ1) is 16.1. The molecule has 2 aromatic rings. The summed E-state index contributed by atoms with van der Waals surface area (Å²) in [5.41, 5.74) is 1.52. The van der Waals surface area contributed by atoms with Gasteiger partial charge in [-0.3, -0.25) is 4.79 Å². The van der Waals surface area contributed by atoms with Crippen molar-refractivity contribution in [1.29, 1.82) is 0 Å². The van der Waals surface area contributed by atoms with E-state index in [-0.39, 0.29) is 5.91 Å². The van der Waals surface area contributed by atoms with Gasteiger partial charge in [0.2, 0.25) is 5.91 Å². The number of hydrogen-bond donors (Lipinski definition) is 2. The van der Waals surface area contributed by atoms with Crippen LogP contribution in [0.2, 0.25) is 10.0 Å². The Labute approximate surface area is 137 Å². The highest BCUT2D eigenvalue weighted by atomic mass is 35.5. The van der Waals surface area contributed by atoms with Gasteiger partial charge in [-0.05, 0) is 31.5 Å². The number of aromatic nitrogens is 1. The molecule has 112 valence electrons. The van der Waals surface area contributed by atoms with E-state index in [0.717, 1.165) is 5.69 Å². The van der Waals surface area contributed by atoms with Crippen molar-refractivity contribution in [3.63, 3.8) is 0 Å². The lowest BCUT2D eigenvalue weighted by molar-refractivity contribution is -0.116. The van der Waals surface area contributed by atoms with Crippen molar-refractivity contribution < 1.29 is 4.79 Å². The Kier molecular flexibility index (Phi) is 5.45. The number of amides is 1. The van der Waals surface area contributed by atoms with E-state index in [2.05, 4.69) is 15.6 Å². The van der Waals surface area contributed by atoms with Crippen LogP contribution in [0.15, 0.2) is 23.6 Å². The van der Waals surface area contributed by atoms with Gasteiger partial charge >= 0.3 is 0 Å². The van der Waals surface area contributed by atoms with Crippen molar-refractivity contribution >= 4 is 51.3 Å². The minimum Gasteiger partial charge on any atom is -0.372 e. The first-order valence-electron chi connectivity index (χ1n) is 6.44. The van der Waals surface area contributed by atoms with Crippen LogP contribution >= 0.6 is 34.5 Å². The van der Waals surface area contributed by atoms with Crippen molar-refractivity contribution in [2.45, 2.75) is 26.3 Å². The monoisotopic (exact) mass is 343 g/mol. The topological polar surface area (TPSA) is 54.0 Å². The maximum Gasteiger partial charge on any atom is 0.248 e. The molecule has 0 unspecified atom stereocenters. The molecule has 7 heteroatoms. The number of anilines is 2. The molecular weight excluding hydrogens is 329 g/mol. The van der Waals surface area contributed by atoms with Crippen LogP contribution in [0.4, 0.5) is 10.8 Å². The first-order valence-corrected chi connectivity index (χ1v) is 8.07. The van der Waals surface area contributed by atoms with E-state index in [9.17, 15) is 4.79 Å².